The fourth-order valence-corrected chi connectivity index (χ4v) is 7.23. The van der Waals surface area contributed by atoms with Gasteiger partial charge in [0, 0.05) is 44.2 Å². The molecule has 0 bridgehead atoms. The third-order valence-corrected chi connectivity index (χ3v) is 10.1. The maximum Gasteiger partial charge on any atom is 0.315 e. The Balaban J connectivity index is 1.17. The first kappa shape index (κ1) is 37.3. The quantitative estimate of drug-likeness (QED) is 0.0829. The lowest BCUT2D eigenvalue weighted by molar-refractivity contribution is -0.123. The first-order chi connectivity index (χ1) is 26.7. The van der Waals surface area contributed by atoms with E-state index in [-0.39, 0.29) is 55.5 Å². The van der Waals surface area contributed by atoms with E-state index in [1.54, 1.807) is 35.0 Å². The van der Waals surface area contributed by atoms with Crippen LogP contribution in [0.2, 0.25) is 0 Å². The molecule has 5 atom stereocenters. The second-order valence-corrected chi connectivity index (χ2v) is 13.8. The summed E-state index contributed by atoms with van der Waals surface area (Å²) in [5.74, 6) is 0.357. The van der Waals surface area contributed by atoms with E-state index in [1.165, 1.54) is 6.33 Å². The maximum atomic E-state index is 12.8. The number of imidazole rings is 1. The number of aliphatic hydroxyl groups excluding tert-OH is 3. The minimum atomic E-state index is -1.27. The number of hydrogen-bond donors (Lipinski definition) is 9. The van der Waals surface area contributed by atoms with Crippen LogP contribution in [0, 0.1) is 0 Å². The van der Waals surface area contributed by atoms with Gasteiger partial charge in [-0.05, 0) is 60.4 Å². The molecular formula is C38H44N10O7. The van der Waals surface area contributed by atoms with Crippen LogP contribution in [0.4, 0.5) is 16.6 Å². The van der Waals surface area contributed by atoms with Crippen LogP contribution >= 0.6 is 0 Å². The van der Waals surface area contributed by atoms with Crippen LogP contribution < -0.4 is 26.2 Å². The van der Waals surface area contributed by atoms with Gasteiger partial charge < -0.3 is 56.3 Å². The molecule has 5 aromatic rings. The summed E-state index contributed by atoms with van der Waals surface area (Å²) < 4.78 is 1.69. The minimum absolute atomic E-state index is 0.129. The molecule has 7 rings (SSSR count). The summed E-state index contributed by atoms with van der Waals surface area (Å²) in [7, 11) is 0. The third kappa shape index (κ3) is 8.53. The largest absolute Gasteiger partial charge is 0.508 e. The maximum absolute atomic E-state index is 12.8. The van der Waals surface area contributed by atoms with Gasteiger partial charge in [-0.3, -0.25) is 9.78 Å². The van der Waals surface area contributed by atoms with Crippen molar-refractivity contribution in [1.29, 1.82) is 0 Å². The molecule has 3 amide bonds. The molecule has 1 aliphatic carbocycles. The molecule has 2 aliphatic rings. The number of anilines is 2. The van der Waals surface area contributed by atoms with Crippen LogP contribution in [0.5, 0.6) is 11.5 Å². The number of carbonyl (C=O) groups is 2. The van der Waals surface area contributed by atoms with Crippen molar-refractivity contribution < 1.29 is 35.1 Å². The van der Waals surface area contributed by atoms with Gasteiger partial charge in [-0.15, -0.1) is 0 Å². The number of hydrogen-bond acceptors (Lipinski definition) is 13. The second-order valence-electron chi connectivity index (χ2n) is 13.8. The Kier molecular flexibility index (Phi) is 11.2. The summed E-state index contributed by atoms with van der Waals surface area (Å²) in [4.78, 5) is 45.8. The van der Waals surface area contributed by atoms with Crippen LogP contribution in [0.25, 0.3) is 11.2 Å². The van der Waals surface area contributed by atoms with Crippen LogP contribution in [0.1, 0.15) is 48.0 Å². The zero-order valence-electron chi connectivity index (χ0n) is 29.9. The Hall–Kier alpha value is -6.04. The van der Waals surface area contributed by atoms with Crippen molar-refractivity contribution in [3.63, 3.8) is 0 Å². The number of rotatable bonds is 13. The smallest absolute Gasteiger partial charge is 0.315 e. The molecular weight excluding hydrogens is 708 g/mol. The number of pyridine rings is 1. The Bertz CT molecular complexity index is 2040. The zero-order chi connectivity index (χ0) is 38.5. The van der Waals surface area contributed by atoms with E-state index < -0.39 is 30.2 Å². The molecule has 288 valence electrons. The van der Waals surface area contributed by atoms with Gasteiger partial charge in [0.2, 0.25) is 11.9 Å². The van der Waals surface area contributed by atoms with Gasteiger partial charge in [0.15, 0.2) is 17.0 Å². The van der Waals surface area contributed by atoms with E-state index in [0.717, 1.165) is 16.8 Å². The lowest BCUT2D eigenvalue weighted by Gasteiger charge is -2.22. The van der Waals surface area contributed by atoms with E-state index in [4.69, 9.17) is 9.97 Å². The van der Waals surface area contributed by atoms with Crippen molar-refractivity contribution in [3.05, 3.63) is 96.1 Å². The normalized spacial score (nSPS) is 20.9. The fraction of sp³-hybridized carbons (Fsp3) is 0.368. The summed E-state index contributed by atoms with van der Waals surface area (Å²) >= 11 is 0. The molecule has 1 saturated carbocycles. The molecule has 17 nitrogen and oxygen atoms in total. The van der Waals surface area contributed by atoms with E-state index in [2.05, 4.69) is 31.2 Å². The topological polar surface area (TPSA) is 243 Å². The van der Waals surface area contributed by atoms with Crippen molar-refractivity contribution in [2.24, 2.45) is 0 Å². The predicted octanol–water partition coefficient (Wildman–Crippen LogP) is 1.49. The number of fused-ring (bicyclic) bond motifs is 1. The number of phenolic OH excluding ortho intramolecular Hbond substituents is 2. The first-order valence-corrected chi connectivity index (χ1v) is 18.2. The van der Waals surface area contributed by atoms with E-state index in [1.807, 2.05) is 47.4 Å². The summed E-state index contributed by atoms with van der Waals surface area (Å²) in [6.07, 6.45) is 1.36. The van der Waals surface area contributed by atoms with Crippen molar-refractivity contribution in [1.82, 2.24) is 40.5 Å². The van der Waals surface area contributed by atoms with Crippen molar-refractivity contribution in [3.8, 4) is 11.5 Å². The average molecular weight is 753 g/mol. The van der Waals surface area contributed by atoms with Gasteiger partial charge in [0.05, 0.1) is 37.3 Å². The number of amides is 3. The molecule has 1 saturated heterocycles. The Morgan fingerprint density at radius 3 is 2.29 bits per heavy atom. The molecule has 0 spiro atoms. The molecule has 2 fully saturated rings. The average Bonchev–Trinajstić information content (AvgIpc) is 3.90. The van der Waals surface area contributed by atoms with E-state index >= 15 is 0 Å². The number of benzene rings is 2. The van der Waals surface area contributed by atoms with Crippen LogP contribution in [0.3, 0.4) is 0 Å². The number of carbonyl (C=O) groups excluding carboxylic acids is 2. The van der Waals surface area contributed by atoms with E-state index in [9.17, 15) is 35.1 Å². The van der Waals surface area contributed by atoms with Gasteiger partial charge in [-0.25, -0.2) is 9.78 Å². The number of aromatic nitrogens is 5. The highest BCUT2D eigenvalue weighted by molar-refractivity contribution is 5.85. The second kappa shape index (κ2) is 16.5. The summed E-state index contributed by atoms with van der Waals surface area (Å²) in [5, 5.41) is 63.3. The van der Waals surface area contributed by atoms with Crippen molar-refractivity contribution in [2.75, 3.05) is 36.5 Å². The lowest BCUT2D eigenvalue weighted by Crippen LogP contribution is -2.43. The van der Waals surface area contributed by atoms with Gasteiger partial charge in [0.1, 0.15) is 23.7 Å². The predicted molar refractivity (Wildman–Crippen MR) is 201 cm³/mol. The van der Waals surface area contributed by atoms with Gasteiger partial charge in [0.25, 0.3) is 0 Å². The van der Waals surface area contributed by atoms with Crippen LogP contribution in [-0.4, -0.2) is 113 Å². The Morgan fingerprint density at radius 2 is 1.62 bits per heavy atom. The number of aliphatic hydroxyl groups is 3. The number of urea groups is 1. The highest BCUT2D eigenvalue weighted by Crippen LogP contribution is 2.36. The molecule has 0 unspecified atom stereocenters. The molecule has 3 aromatic heterocycles. The van der Waals surface area contributed by atoms with E-state index in [0.29, 0.717) is 49.0 Å². The fourth-order valence-electron chi connectivity index (χ4n) is 7.23. The summed E-state index contributed by atoms with van der Waals surface area (Å²) in [6.45, 7) is 1.23. The van der Waals surface area contributed by atoms with Crippen LogP contribution in [-0.2, 0) is 11.3 Å². The number of nitrogens with zero attached hydrogens (tertiary/aromatic N) is 6. The highest BCUT2D eigenvalue weighted by Gasteiger charge is 2.44. The monoisotopic (exact) mass is 752 g/mol. The minimum Gasteiger partial charge on any atom is -0.508 e. The lowest BCUT2D eigenvalue weighted by atomic mass is 9.91. The number of aromatic hydroxyl groups is 2. The summed E-state index contributed by atoms with van der Waals surface area (Å²) in [6, 6.07) is 17.3. The zero-order valence-corrected chi connectivity index (χ0v) is 29.9. The number of phenols is 2. The summed E-state index contributed by atoms with van der Waals surface area (Å²) in [5.41, 5.74) is 3.34. The molecule has 4 heterocycles. The molecule has 0 radical (unpaired) electrons. The molecule has 9 N–H and O–H groups in total. The van der Waals surface area contributed by atoms with Crippen molar-refractivity contribution >= 4 is 34.9 Å². The Morgan fingerprint density at radius 1 is 0.891 bits per heavy atom. The molecule has 1 aliphatic heterocycles. The SMILES string of the molecule is O=C(CCO)N[C@H]1C[C@@H](n2cnc3c(NCC(c4ccc(O)cc4)c4ccc(O)cc4)nc(N4CC[C@@H](NC(=O)NCc5ccccn5)C4)nc32)[C@H](O)[C@@H]1O. The van der Waals surface area contributed by atoms with Gasteiger partial charge in [-0.1, -0.05) is 30.3 Å². The Labute approximate surface area is 316 Å². The van der Waals surface area contributed by atoms with Gasteiger partial charge in [-0.2, -0.15) is 9.97 Å². The van der Waals surface area contributed by atoms with Gasteiger partial charge >= 0.3 is 6.03 Å². The third-order valence-electron chi connectivity index (χ3n) is 10.1. The molecule has 17 heteroatoms. The van der Waals surface area contributed by atoms with Crippen LogP contribution in [0.15, 0.2) is 79.3 Å². The number of nitrogens with one attached hydrogen (secondary N) is 4. The molecule has 55 heavy (non-hydrogen) atoms. The molecule has 2 aromatic carbocycles. The van der Waals surface area contributed by atoms with Crippen molar-refractivity contribution in [2.45, 2.75) is 62.1 Å². The first-order valence-electron chi connectivity index (χ1n) is 18.2. The standard InChI is InChI=1S/C38H44N10O7/c49-16-13-31(52)44-29-17-30(34(54)33(29)53)48-21-42-32-35(40-19-28(22-4-8-26(50)9-5-22)23-6-10-27(51)11-7-23)45-37(46-36(32)48)47-15-12-25(20-47)43-38(55)41-18-24-3-1-2-14-39-24/h1-11,14,21,25,28-30,33-34,49-51,53-54H,12-13,15-20H2,(H,44,52)(H,40,45,46)(H2,41,43,55)/t25-,29+,30-,33-,34+/m1/s1. The highest BCUT2D eigenvalue weighted by atomic mass is 16.3.